The van der Waals surface area contributed by atoms with E-state index in [4.69, 9.17) is 19.2 Å². The Morgan fingerprint density at radius 1 is 1.00 bits per heavy atom. The molecule has 0 atom stereocenters. The highest BCUT2D eigenvalue weighted by Crippen LogP contribution is 2.26. The number of ether oxygens (including phenoxy) is 3. The van der Waals surface area contributed by atoms with Gasteiger partial charge in [0.2, 0.25) is 0 Å². The summed E-state index contributed by atoms with van der Waals surface area (Å²) in [6.07, 6.45) is 5.51. The number of para-hydroxylation sites is 1. The van der Waals surface area contributed by atoms with Gasteiger partial charge in [0.1, 0.15) is 29.7 Å². The lowest BCUT2D eigenvalue weighted by atomic mass is 10.1. The Kier molecular flexibility index (Phi) is 10.2. The number of piperazine rings is 1. The number of hydrogen-bond acceptors (Lipinski definition) is 8. The van der Waals surface area contributed by atoms with Crippen LogP contribution in [0, 0.1) is 13.8 Å². The van der Waals surface area contributed by atoms with Gasteiger partial charge in [0.25, 0.3) is 0 Å². The van der Waals surface area contributed by atoms with E-state index in [9.17, 15) is 4.79 Å². The Morgan fingerprint density at radius 3 is 2.57 bits per heavy atom. The summed E-state index contributed by atoms with van der Waals surface area (Å²) in [5.74, 6) is 2.51. The van der Waals surface area contributed by atoms with Gasteiger partial charge in [-0.1, -0.05) is 43.3 Å². The molecule has 0 radical (unpaired) electrons. The van der Waals surface area contributed by atoms with Crippen molar-refractivity contribution in [1.82, 2.24) is 19.8 Å². The number of amides is 1. The highest BCUT2D eigenvalue weighted by atomic mass is 16.6. The van der Waals surface area contributed by atoms with E-state index in [2.05, 4.69) is 27.8 Å². The summed E-state index contributed by atoms with van der Waals surface area (Å²) in [5.41, 5.74) is 3.85. The fourth-order valence-corrected chi connectivity index (χ4v) is 5.27. The van der Waals surface area contributed by atoms with E-state index in [1.807, 2.05) is 56.3 Å². The van der Waals surface area contributed by atoms with E-state index in [-0.39, 0.29) is 6.54 Å². The molecule has 1 saturated heterocycles. The number of likely N-dealkylation sites (N-methyl/N-ethyl adjacent to an activating group) is 1. The highest BCUT2D eigenvalue weighted by molar-refractivity contribution is 5.88. The number of nitrogens with zero attached hydrogens (tertiary/aromatic N) is 5. The average Bonchev–Trinajstić information content (AvgIpc) is 2.99. The van der Waals surface area contributed by atoms with Gasteiger partial charge < -0.3 is 19.1 Å². The summed E-state index contributed by atoms with van der Waals surface area (Å²) in [6, 6.07) is 13.7. The van der Waals surface area contributed by atoms with Gasteiger partial charge in [-0.15, -0.1) is 0 Å². The Labute approximate surface area is 248 Å². The van der Waals surface area contributed by atoms with Crippen molar-refractivity contribution in [2.24, 2.45) is 0 Å². The number of aryl methyl sites for hydroxylation is 2. The quantitative estimate of drug-likeness (QED) is 0.391. The zero-order chi connectivity index (χ0) is 29.3. The van der Waals surface area contributed by atoms with Crippen LogP contribution in [0.4, 0.5) is 10.6 Å². The van der Waals surface area contributed by atoms with Crippen LogP contribution in [0.3, 0.4) is 0 Å². The van der Waals surface area contributed by atoms with Crippen LogP contribution in [-0.2, 0) is 17.8 Å². The smallest absolute Gasteiger partial charge is 0.421 e. The number of carbonyl (C=O) groups is 1. The minimum atomic E-state index is -0.495. The van der Waals surface area contributed by atoms with Crippen molar-refractivity contribution in [2.75, 3.05) is 63.9 Å². The number of benzene rings is 2. The van der Waals surface area contributed by atoms with Gasteiger partial charge in [-0.05, 0) is 55.3 Å². The lowest BCUT2D eigenvalue weighted by Crippen LogP contribution is -2.47. The minimum absolute atomic E-state index is 0.287. The van der Waals surface area contributed by atoms with Crippen molar-refractivity contribution in [3.63, 3.8) is 0 Å². The second kappa shape index (κ2) is 14.4. The SMILES string of the molecule is CCN1CCN(CCOc2ccc3cc2COC/C=C\CN(C(=O)Oc2c(C)cccc2C)c2ccnc(n2)C3)CC1. The molecule has 0 spiro atoms. The van der Waals surface area contributed by atoms with Crippen molar-refractivity contribution >= 4 is 11.9 Å². The summed E-state index contributed by atoms with van der Waals surface area (Å²) in [7, 11) is 0. The summed E-state index contributed by atoms with van der Waals surface area (Å²) in [5, 5.41) is 0. The fourth-order valence-electron chi connectivity index (χ4n) is 5.27. The highest BCUT2D eigenvalue weighted by Gasteiger charge is 2.21. The van der Waals surface area contributed by atoms with Gasteiger partial charge in [-0.2, -0.15) is 0 Å². The van der Waals surface area contributed by atoms with Gasteiger partial charge in [0.05, 0.1) is 13.2 Å². The maximum atomic E-state index is 13.4. The second-order valence-corrected chi connectivity index (χ2v) is 10.8. The molecule has 222 valence electrons. The fraction of sp³-hybridized carbons (Fsp3) is 0.424. The third-order valence-electron chi connectivity index (χ3n) is 7.78. The molecule has 1 aromatic heterocycles. The molecule has 0 saturated carbocycles. The van der Waals surface area contributed by atoms with Gasteiger partial charge >= 0.3 is 6.09 Å². The summed E-state index contributed by atoms with van der Waals surface area (Å²) >= 11 is 0. The summed E-state index contributed by atoms with van der Waals surface area (Å²) in [6.45, 7) is 14.2. The van der Waals surface area contributed by atoms with Crippen molar-refractivity contribution < 1.29 is 19.0 Å². The number of hydrogen-bond donors (Lipinski definition) is 0. The van der Waals surface area contributed by atoms with E-state index in [1.165, 1.54) is 4.90 Å². The molecule has 9 nitrogen and oxygen atoms in total. The molecule has 1 amide bonds. The molecule has 3 heterocycles. The molecule has 0 unspecified atom stereocenters. The molecule has 0 N–H and O–H groups in total. The van der Waals surface area contributed by atoms with Crippen LogP contribution in [0.2, 0.25) is 0 Å². The van der Waals surface area contributed by atoms with Gasteiger partial charge in [0, 0.05) is 57.4 Å². The standard InChI is InChI=1S/C33H41N5O4/c1-4-36-15-17-37(18-16-36)19-21-41-29-11-10-27-22-28(29)24-40-20-6-5-14-38(31-12-13-34-30(23-27)35-31)33(39)42-32-25(2)8-7-9-26(32)3/h5-13,22H,4,14-21,23-24H2,1-3H3/b6-5-. The molecule has 9 heteroatoms. The first-order valence-corrected chi connectivity index (χ1v) is 14.8. The number of rotatable bonds is 6. The Morgan fingerprint density at radius 2 is 1.79 bits per heavy atom. The lowest BCUT2D eigenvalue weighted by molar-refractivity contribution is 0.118. The van der Waals surface area contributed by atoms with Crippen LogP contribution in [0.5, 0.6) is 11.5 Å². The zero-order valence-electron chi connectivity index (χ0n) is 24.9. The Balaban J connectivity index is 1.30. The average molecular weight is 572 g/mol. The van der Waals surface area contributed by atoms with Crippen LogP contribution in [0.25, 0.3) is 0 Å². The maximum Gasteiger partial charge on any atom is 0.421 e. The van der Waals surface area contributed by atoms with Crippen molar-refractivity contribution in [2.45, 2.75) is 33.8 Å². The molecule has 2 aliphatic rings. The predicted molar refractivity (Wildman–Crippen MR) is 163 cm³/mol. The van der Waals surface area contributed by atoms with Crippen molar-refractivity contribution in [1.29, 1.82) is 0 Å². The van der Waals surface area contributed by atoms with E-state index < -0.39 is 6.09 Å². The predicted octanol–water partition coefficient (Wildman–Crippen LogP) is 4.79. The van der Waals surface area contributed by atoms with Crippen molar-refractivity contribution in [3.05, 3.63) is 88.9 Å². The van der Waals surface area contributed by atoms with Crippen LogP contribution in [-0.4, -0.2) is 84.9 Å². The third kappa shape index (κ3) is 7.73. The molecule has 4 bridgehead atoms. The number of anilines is 1. The van der Waals surface area contributed by atoms with Crippen LogP contribution in [0.1, 0.15) is 35.0 Å². The first-order chi connectivity index (χ1) is 20.5. The molecular weight excluding hydrogens is 530 g/mol. The normalized spacial score (nSPS) is 17.4. The largest absolute Gasteiger partial charge is 0.492 e. The van der Waals surface area contributed by atoms with E-state index in [0.717, 1.165) is 67.3 Å². The molecule has 2 aliphatic heterocycles. The molecule has 0 aliphatic carbocycles. The molecule has 42 heavy (non-hydrogen) atoms. The molecular formula is C33H41N5O4. The van der Waals surface area contributed by atoms with Crippen molar-refractivity contribution in [3.8, 4) is 11.5 Å². The number of aromatic nitrogens is 2. The summed E-state index contributed by atoms with van der Waals surface area (Å²) < 4.78 is 18.1. The molecule has 3 aromatic rings. The monoisotopic (exact) mass is 571 g/mol. The number of carbonyl (C=O) groups excluding carboxylic acids is 1. The van der Waals surface area contributed by atoms with Gasteiger partial charge in [0.15, 0.2) is 0 Å². The maximum absolute atomic E-state index is 13.4. The summed E-state index contributed by atoms with van der Waals surface area (Å²) in [4.78, 5) is 29.1. The van der Waals surface area contributed by atoms with Crippen LogP contribution < -0.4 is 14.4 Å². The Hall–Kier alpha value is -3.79. The first-order valence-electron chi connectivity index (χ1n) is 14.8. The second-order valence-electron chi connectivity index (χ2n) is 10.8. The first kappa shape index (κ1) is 29.7. The third-order valence-corrected chi connectivity index (χ3v) is 7.78. The van der Waals surface area contributed by atoms with Gasteiger partial charge in [-0.25, -0.2) is 14.8 Å². The van der Waals surface area contributed by atoms with Crippen LogP contribution in [0.15, 0.2) is 60.8 Å². The lowest BCUT2D eigenvalue weighted by Gasteiger charge is -2.33. The van der Waals surface area contributed by atoms with E-state index in [1.54, 1.807) is 12.3 Å². The van der Waals surface area contributed by atoms with Crippen LogP contribution >= 0.6 is 0 Å². The van der Waals surface area contributed by atoms with E-state index in [0.29, 0.717) is 43.6 Å². The molecule has 1 fully saturated rings. The Bertz CT molecular complexity index is 1370. The van der Waals surface area contributed by atoms with Gasteiger partial charge in [-0.3, -0.25) is 9.80 Å². The minimum Gasteiger partial charge on any atom is -0.492 e. The zero-order valence-corrected chi connectivity index (χ0v) is 24.9. The number of fused-ring (bicyclic) bond motifs is 4. The van der Waals surface area contributed by atoms with E-state index >= 15 is 0 Å². The molecule has 5 rings (SSSR count). The molecule has 2 aromatic carbocycles. The topological polar surface area (TPSA) is 80.3 Å².